The smallest absolute Gasteiger partial charge is 0.256 e. The first-order chi connectivity index (χ1) is 10.9. The number of carbonyl (C=O) groups is 1. The van der Waals surface area contributed by atoms with E-state index in [9.17, 15) is 4.79 Å². The van der Waals surface area contributed by atoms with Gasteiger partial charge in [-0.3, -0.25) is 9.20 Å². The molecule has 3 aromatic heterocycles. The highest BCUT2D eigenvalue weighted by molar-refractivity contribution is 7.99. The molecule has 23 heavy (non-hydrogen) atoms. The van der Waals surface area contributed by atoms with Gasteiger partial charge in [0, 0.05) is 16.3 Å². The molecule has 0 aliphatic rings. The van der Waals surface area contributed by atoms with Gasteiger partial charge in [-0.05, 0) is 33.8 Å². The average Bonchev–Trinajstić information content (AvgIpc) is 3.00. The Balaban J connectivity index is 1.69. The Kier molecular flexibility index (Phi) is 4.31. The molecule has 7 nitrogen and oxygen atoms in total. The first-order valence-electron chi connectivity index (χ1n) is 7.00. The van der Waals surface area contributed by atoms with E-state index in [4.69, 9.17) is 0 Å². The molecule has 0 aliphatic carbocycles. The summed E-state index contributed by atoms with van der Waals surface area (Å²) < 4.78 is 1.85. The van der Waals surface area contributed by atoms with Gasteiger partial charge in [-0.2, -0.15) is 0 Å². The van der Waals surface area contributed by atoms with Crippen LogP contribution in [0.2, 0.25) is 0 Å². The van der Waals surface area contributed by atoms with E-state index >= 15 is 0 Å². The number of fused-ring (bicyclic) bond motifs is 1. The number of hydrogen-bond acceptors (Lipinski definition) is 7. The Labute approximate surface area is 141 Å². The Morgan fingerprint density at radius 2 is 2.04 bits per heavy atom. The maximum atomic E-state index is 12.1. The second-order valence-electron chi connectivity index (χ2n) is 5.15. The number of hydrogen-bond donors (Lipinski definition) is 1. The average molecular weight is 348 g/mol. The van der Waals surface area contributed by atoms with Gasteiger partial charge >= 0.3 is 0 Å². The summed E-state index contributed by atoms with van der Waals surface area (Å²) in [5.41, 5.74) is 2.83. The van der Waals surface area contributed by atoms with Gasteiger partial charge < -0.3 is 5.32 Å². The maximum absolute atomic E-state index is 12.1. The lowest BCUT2D eigenvalue weighted by Crippen LogP contribution is -2.14. The fourth-order valence-corrected chi connectivity index (χ4v) is 3.72. The molecule has 1 N–H and O–H groups in total. The largest absolute Gasteiger partial charge is 0.301 e. The first-order valence-corrected chi connectivity index (χ1v) is 8.80. The standard InChI is InChI=1S/C14H16N6OS2/c1-7-5-8(2)20-12(15-7)18-19-14(20)22-6-11(21)17-13-16-9(3)10(4)23-13/h5H,6H2,1-4H3,(H,16,17,21). The number of aryl methyl sites for hydroxylation is 4. The molecule has 0 spiro atoms. The summed E-state index contributed by atoms with van der Waals surface area (Å²) in [4.78, 5) is 21.8. The SMILES string of the molecule is Cc1cc(C)n2c(SCC(=O)Nc3nc(C)c(C)s3)nnc2n1. The summed E-state index contributed by atoms with van der Waals surface area (Å²) >= 11 is 2.81. The lowest BCUT2D eigenvalue weighted by atomic mass is 10.3. The van der Waals surface area contributed by atoms with Crippen molar-refractivity contribution in [1.82, 2.24) is 24.6 Å². The van der Waals surface area contributed by atoms with E-state index < -0.39 is 0 Å². The minimum atomic E-state index is -0.113. The third-order valence-corrected chi connectivity index (χ3v) is 5.19. The van der Waals surface area contributed by atoms with Crippen LogP contribution in [0.15, 0.2) is 11.2 Å². The minimum Gasteiger partial charge on any atom is -0.301 e. The number of amides is 1. The van der Waals surface area contributed by atoms with Gasteiger partial charge in [0.1, 0.15) is 0 Å². The van der Waals surface area contributed by atoms with Gasteiger partial charge in [0.2, 0.25) is 5.91 Å². The van der Waals surface area contributed by atoms with E-state index in [1.807, 2.05) is 38.2 Å². The predicted molar refractivity (Wildman–Crippen MR) is 91.2 cm³/mol. The molecular formula is C14H16N6OS2. The number of thioether (sulfide) groups is 1. The van der Waals surface area contributed by atoms with Crippen LogP contribution in [0, 0.1) is 27.7 Å². The van der Waals surface area contributed by atoms with Crippen molar-refractivity contribution in [3.8, 4) is 0 Å². The van der Waals surface area contributed by atoms with Crippen LogP contribution in [-0.4, -0.2) is 36.2 Å². The van der Waals surface area contributed by atoms with Gasteiger partial charge in [-0.15, -0.1) is 21.5 Å². The predicted octanol–water partition coefficient (Wildman–Crippen LogP) is 2.55. The van der Waals surface area contributed by atoms with Crippen molar-refractivity contribution in [2.45, 2.75) is 32.9 Å². The summed E-state index contributed by atoms with van der Waals surface area (Å²) in [6.45, 7) is 7.80. The lowest BCUT2D eigenvalue weighted by Gasteiger charge is -2.04. The number of aromatic nitrogens is 5. The normalized spacial score (nSPS) is 11.1. The van der Waals surface area contributed by atoms with Crippen molar-refractivity contribution >= 4 is 39.9 Å². The molecule has 0 saturated heterocycles. The van der Waals surface area contributed by atoms with Crippen LogP contribution < -0.4 is 5.32 Å². The van der Waals surface area contributed by atoms with Gasteiger partial charge in [0.05, 0.1) is 11.4 Å². The maximum Gasteiger partial charge on any atom is 0.256 e. The van der Waals surface area contributed by atoms with Gasteiger partial charge in [-0.1, -0.05) is 11.8 Å². The Bertz CT molecular complexity index is 865. The fourth-order valence-electron chi connectivity index (χ4n) is 2.11. The monoisotopic (exact) mass is 348 g/mol. The molecule has 0 radical (unpaired) electrons. The van der Waals surface area contributed by atoms with Crippen molar-refractivity contribution in [2.24, 2.45) is 0 Å². The third-order valence-electron chi connectivity index (χ3n) is 3.27. The minimum absolute atomic E-state index is 0.113. The van der Waals surface area contributed by atoms with E-state index in [1.54, 1.807) is 0 Å². The van der Waals surface area contributed by atoms with Crippen LogP contribution in [0.25, 0.3) is 5.78 Å². The van der Waals surface area contributed by atoms with E-state index in [0.29, 0.717) is 16.1 Å². The number of rotatable bonds is 4. The summed E-state index contributed by atoms with van der Waals surface area (Å²) in [5.74, 6) is 0.681. The molecular weight excluding hydrogens is 332 g/mol. The first kappa shape index (κ1) is 15.9. The number of thiazole rings is 1. The second-order valence-corrected chi connectivity index (χ2v) is 7.30. The number of carbonyl (C=O) groups excluding carboxylic acids is 1. The molecule has 0 atom stereocenters. The summed E-state index contributed by atoms with van der Waals surface area (Å²) in [6.07, 6.45) is 0. The van der Waals surface area contributed by atoms with Crippen LogP contribution in [0.4, 0.5) is 5.13 Å². The summed E-state index contributed by atoms with van der Waals surface area (Å²) in [6, 6.07) is 1.96. The van der Waals surface area contributed by atoms with Crippen molar-refractivity contribution < 1.29 is 4.79 Å². The molecule has 0 bridgehead atoms. The number of anilines is 1. The van der Waals surface area contributed by atoms with E-state index in [0.717, 1.165) is 22.0 Å². The van der Waals surface area contributed by atoms with Crippen LogP contribution in [-0.2, 0) is 4.79 Å². The van der Waals surface area contributed by atoms with Gasteiger partial charge in [0.15, 0.2) is 10.3 Å². The highest BCUT2D eigenvalue weighted by Gasteiger charge is 2.13. The molecule has 3 aromatic rings. The molecule has 0 saturated carbocycles. The molecule has 0 aromatic carbocycles. The summed E-state index contributed by atoms with van der Waals surface area (Å²) in [7, 11) is 0. The molecule has 0 fully saturated rings. The Morgan fingerprint density at radius 1 is 1.26 bits per heavy atom. The molecule has 1 amide bonds. The quantitative estimate of drug-likeness (QED) is 0.729. The number of nitrogens with one attached hydrogen (secondary N) is 1. The van der Waals surface area contributed by atoms with E-state index in [-0.39, 0.29) is 11.7 Å². The van der Waals surface area contributed by atoms with Crippen molar-refractivity contribution in [1.29, 1.82) is 0 Å². The zero-order valence-electron chi connectivity index (χ0n) is 13.2. The van der Waals surface area contributed by atoms with Crippen molar-refractivity contribution in [3.63, 3.8) is 0 Å². The molecule has 3 heterocycles. The van der Waals surface area contributed by atoms with Crippen molar-refractivity contribution in [2.75, 3.05) is 11.1 Å². The Morgan fingerprint density at radius 3 is 2.74 bits per heavy atom. The zero-order chi connectivity index (χ0) is 16.6. The highest BCUT2D eigenvalue weighted by Crippen LogP contribution is 2.22. The van der Waals surface area contributed by atoms with Crippen LogP contribution >= 0.6 is 23.1 Å². The van der Waals surface area contributed by atoms with Crippen LogP contribution in [0.5, 0.6) is 0 Å². The fraction of sp³-hybridized carbons (Fsp3) is 0.357. The third kappa shape index (κ3) is 3.35. The van der Waals surface area contributed by atoms with Crippen molar-refractivity contribution in [3.05, 3.63) is 28.0 Å². The molecule has 9 heteroatoms. The number of nitrogens with zero attached hydrogens (tertiary/aromatic N) is 5. The van der Waals surface area contributed by atoms with E-state index in [2.05, 4.69) is 25.5 Å². The van der Waals surface area contributed by atoms with Crippen LogP contribution in [0.3, 0.4) is 0 Å². The second kappa shape index (κ2) is 6.25. The van der Waals surface area contributed by atoms with Crippen LogP contribution in [0.1, 0.15) is 22.0 Å². The molecule has 3 rings (SSSR count). The van der Waals surface area contributed by atoms with E-state index in [1.165, 1.54) is 23.1 Å². The highest BCUT2D eigenvalue weighted by atomic mass is 32.2. The summed E-state index contributed by atoms with van der Waals surface area (Å²) in [5, 5.41) is 12.3. The topological polar surface area (TPSA) is 85.1 Å². The molecule has 0 unspecified atom stereocenters. The molecule has 120 valence electrons. The molecule has 0 aliphatic heterocycles. The van der Waals surface area contributed by atoms with Gasteiger partial charge in [0.25, 0.3) is 5.78 Å². The Hall–Kier alpha value is -2.00. The zero-order valence-corrected chi connectivity index (χ0v) is 14.9. The van der Waals surface area contributed by atoms with Gasteiger partial charge in [-0.25, -0.2) is 9.97 Å². The lowest BCUT2D eigenvalue weighted by molar-refractivity contribution is -0.113.